The highest BCUT2D eigenvalue weighted by molar-refractivity contribution is 7.89. The molecule has 31 heavy (non-hydrogen) atoms. The van der Waals surface area contributed by atoms with Gasteiger partial charge in [-0.2, -0.15) is 9.97 Å². The number of hydrogen-bond acceptors (Lipinski definition) is 6. The van der Waals surface area contributed by atoms with E-state index < -0.39 is 10.0 Å². The van der Waals surface area contributed by atoms with Gasteiger partial charge in [-0.1, -0.05) is 31.2 Å². The molecule has 0 fully saturated rings. The van der Waals surface area contributed by atoms with Crippen molar-refractivity contribution in [1.29, 1.82) is 0 Å². The minimum absolute atomic E-state index is 0.00794. The van der Waals surface area contributed by atoms with E-state index in [1.54, 1.807) is 24.3 Å². The number of aromatic nitrogens is 4. The van der Waals surface area contributed by atoms with Crippen LogP contribution in [0.1, 0.15) is 24.0 Å². The van der Waals surface area contributed by atoms with Gasteiger partial charge in [-0.15, -0.1) is 0 Å². The molecular weight excluding hydrogens is 419 g/mol. The van der Waals surface area contributed by atoms with E-state index in [0.717, 1.165) is 5.56 Å². The molecule has 4 N–H and O–H groups in total. The van der Waals surface area contributed by atoms with Crippen LogP contribution < -0.4 is 10.5 Å². The highest BCUT2D eigenvalue weighted by Gasteiger charge is 2.20. The molecule has 2 aromatic heterocycles. The van der Waals surface area contributed by atoms with Gasteiger partial charge in [0.2, 0.25) is 16.0 Å². The van der Waals surface area contributed by atoms with Crippen LogP contribution in [-0.2, 0) is 23.0 Å². The maximum Gasteiger partial charge on any atom is 0.240 e. The number of nitrogens with two attached hydrogens (primary N) is 1. The van der Waals surface area contributed by atoms with E-state index in [0.29, 0.717) is 52.7 Å². The molecule has 0 aliphatic heterocycles. The van der Waals surface area contributed by atoms with Crippen molar-refractivity contribution in [3.63, 3.8) is 0 Å². The molecule has 0 saturated heterocycles. The zero-order valence-electron chi connectivity index (χ0n) is 17.0. The van der Waals surface area contributed by atoms with E-state index in [1.807, 2.05) is 13.8 Å². The second-order valence-electron chi connectivity index (χ2n) is 7.08. The van der Waals surface area contributed by atoms with Crippen molar-refractivity contribution in [1.82, 2.24) is 19.9 Å². The molecular formula is C21H21FN6O2S. The number of nitrogens with one attached hydrogen (secondary N) is 2. The third-order valence-electron chi connectivity index (χ3n) is 4.85. The minimum atomic E-state index is -3.91. The van der Waals surface area contributed by atoms with Gasteiger partial charge in [-0.05, 0) is 30.7 Å². The average molecular weight is 441 g/mol. The van der Waals surface area contributed by atoms with E-state index in [2.05, 4.69) is 25.3 Å². The van der Waals surface area contributed by atoms with Crippen molar-refractivity contribution in [3.05, 3.63) is 65.4 Å². The Morgan fingerprint density at radius 3 is 2.61 bits per heavy atom. The summed E-state index contributed by atoms with van der Waals surface area (Å²) in [5, 5.41) is 9.13. The molecule has 2 aromatic carbocycles. The lowest BCUT2D eigenvalue weighted by molar-refractivity contribution is 0.598. The third kappa shape index (κ3) is 4.25. The molecule has 0 atom stereocenters. The predicted octanol–water partition coefficient (Wildman–Crippen LogP) is 3.29. The Morgan fingerprint density at radius 2 is 1.90 bits per heavy atom. The quantitative estimate of drug-likeness (QED) is 0.422. The Hall–Kier alpha value is -3.37. The molecule has 10 heteroatoms. The fourth-order valence-electron chi connectivity index (χ4n) is 3.44. The number of benzene rings is 2. The van der Waals surface area contributed by atoms with Crippen molar-refractivity contribution in [2.75, 3.05) is 5.32 Å². The zero-order valence-corrected chi connectivity index (χ0v) is 17.8. The maximum absolute atomic E-state index is 13.4. The van der Waals surface area contributed by atoms with Gasteiger partial charge < -0.3 is 10.3 Å². The Bertz CT molecular complexity index is 1380. The zero-order chi connectivity index (χ0) is 22.2. The van der Waals surface area contributed by atoms with E-state index in [1.165, 1.54) is 18.2 Å². The van der Waals surface area contributed by atoms with Gasteiger partial charge in [0.25, 0.3) is 0 Å². The van der Waals surface area contributed by atoms with E-state index in [-0.39, 0.29) is 10.7 Å². The molecule has 0 amide bonds. The van der Waals surface area contributed by atoms with Gasteiger partial charge in [0.1, 0.15) is 16.5 Å². The summed E-state index contributed by atoms with van der Waals surface area (Å²) in [6, 6.07) is 11.1. The van der Waals surface area contributed by atoms with Gasteiger partial charge >= 0.3 is 0 Å². The summed E-state index contributed by atoms with van der Waals surface area (Å²) in [6.07, 6.45) is 0.577. The molecule has 2 heterocycles. The number of aromatic amines is 1. The molecule has 4 aromatic rings. The Kier molecular flexibility index (Phi) is 5.42. The molecule has 0 unspecified atom stereocenters. The van der Waals surface area contributed by atoms with E-state index in [4.69, 9.17) is 5.14 Å². The monoisotopic (exact) mass is 440 g/mol. The first-order valence-corrected chi connectivity index (χ1v) is 11.2. The van der Waals surface area contributed by atoms with Crippen LogP contribution >= 0.6 is 0 Å². The van der Waals surface area contributed by atoms with Crippen molar-refractivity contribution >= 4 is 26.9 Å². The normalized spacial score (nSPS) is 11.7. The van der Waals surface area contributed by atoms with Crippen LogP contribution in [0.2, 0.25) is 0 Å². The van der Waals surface area contributed by atoms with Crippen molar-refractivity contribution in [3.8, 4) is 11.4 Å². The molecule has 0 spiro atoms. The van der Waals surface area contributed by atoms with Crippen molar-refractivity contribution in [2.45, 2.75) is 31.7 Å². The number of primary sulfonamides is 1. The van der Waals surface area contributed by atoms with Crippen LogP contribution in [0, 0.1) is 12.7 Å². The first-order chi connectivity index (χ1) is 14.8. The number of sulfonamides is 1. The van der Waals surface area contributed by atoms with Gasteiger partial charge in [0, 0.05) is 29.6 Å². The fourth-order valence-corrected chi connectivity index (χ4v) is 4.16. The molecule has 0 bridgehead atoms. The number of H-pyrrole nitrogens is 1. The number of hydrogen-bond donors (Lipinski definition) is 3. The number of para-hydroxylation sites is 1. The number of anilines is 1. The lowest BCUT2D eigenvalue weighted by atomic mass is 10.1. The molecule has 0 aliphatic carbocycles. The first kappa shape index (κ1) is 20.9. The van der Waals surface area contributed by atoms with Crippen molar-refractivity contribution < 1.29 is 12.8 Å². The van der Waals surface area contributed by atoms with Crippen LogP contribution in [0.25, 0.3) is 22.3 Å². The minimum Gasteiger partial charge on any atom is -0.357 e. The smallest absolute Gasteiger partial charge is 0.240 e. The Labute approximate surface area is 178 Å². The second kappa shape index (κ2) is 8.05. The summed E-state index contributed by atoms with van der Waals surface area (Å²) in [6.45, 7) is 4.08. The van der Waals surface area contributed by atoms with Crippen LogP contribution in [0.4, 0.5) is 10.3 Å². The number of aryl methyl sites for hydroxylation is 2. The molecule has 0 aliphatic rings. The molecule has 160 valence electrons. The molecule has 8 nitrogen and oxygen atoms in total. The number of halogens is 1. The first-order valence-electron chi connectivity index (χ1n) is 9.64. The maximum atomic E-state index is 13.4. The number of rotatable bonds is 6. The molecule has 0 radical (unpaired) electrons. The van der Waals surface area contributed by atoms with Gasteiger partial charge in [-0.25, -0.2) is 22.9 Å². The summed E-state index contributed by atoms with van der Waals surface area (Å²) in [5.41, 5.74) is 2.54. The highest BCUT2D eigenvalue weighted by atomic mass is 32.2. The van der Waals surface area contributed by atoms with E-state index in [9.17, 15) is 12.8 Å². The summed E-state index contributed by atoms with van der Waals surface area (Å²) < 4.78 is 37.4. The van der Waals surface area contributed by atoms with Gasteiger partial charge in [0.15, 0.2) is 5.82 Å². The highest BCUT2D eigenvalue weighted by Crippen LogP contribution is 2.33. The third-order valence-corrected chi connectivity index (χ3v) is 5.80. The summed E-state index contributed by atoms with van der Waals surface area (Å²) in [4.78, 5) is 16.6. The van der Waals surface area contributed by atoms with E-state index >= 15 is 0 Å². The van der Waals surface area contributed by atoms with Gasteiger partial charge in [-0.3, -0.25) is 0 Å². The van der Waals surface area contributed by atoms with Crippen LogP contribution in [0.15, 0.2) is 47.4 Å². The summed E-state index contributed by atoms with van der Waals surface area (Å²) in [5.74, 6) is 1.01. The Balaban J connectivity index is 1.79. The van der Waals surface area contributed by atoms with Crippen molar-refractivity contribution in [2.24, 2.45) is 5.14 Å². The standard InChI is InChI=1S/C21H21FN6O2S/c1-3-17-26-20(28-21(27-17)24-11-13-6-4-7-14(22)10-13)18-12(2)25-19-15(18)8-5-9-16(19)31(23,29)30/h4-10,25H,3,11H2,1-2H3,(H2,23,29,30)(H,24,26,27,28). The van der Waals surface area contributed by atoms with Crippen LogP contribution in [0.5, 0.6) is 0 Å². The lowest BCUT2D eigenvalue weighted by Crippen LogP contribution is -2.12. The largest absolute Gasteiger partial charge is 0.357 e. The molecule has 4 rings (SSSR count). The molecule has 0 saturated carbocycles. The number of nitrogens with zero attached hydrogens (tertiary/aromatic N) is 3. The fraction of sp³-hybridized carbons (Fsp3) is 0.190. The topological polar surface area (TPSA) is 127 Å². The van der Waals surface area contributed by atoms with Crippen LogP contribution in [-0.4, -0.2) is 28.4 Å². The number of fused-ring (bicyclic) bond motifs is 1. The summed E-state index contributed by atoms with van der Waals surface area (Å²) >= 11 is 0. The Morgan fingerprint density at radius 1 is 1.13 bits per heavy atom. The predicted molar refractivity (Wildman–Crippen MR) is 116 cm³/mol. The second-order valence-corrected chi connectivity index (χ2v) is 8.61. The SMILES string of the molecule is CCc1nc(NCc2cccc(F)c2)nc(-c2c(C)[nH]c3c(S(N)(=O)=O)cccc23)n1. The lowest BCUT2D eigenvalue weighted by Gasteiger charge is -2.09. The summed E-state index contributed by atoms with van der Waals surface area (Å²) in [7, 11) is -3.91. The average Bonchev–Trinajstić information content (AvgIpc) is 3.07. The van der Waals surface area contributed by atoms with Gasteiger partial charge in [0.05, 0.1) is 5.52 Å². The van der Waals surface area contributed by atoms with Crippen LogP contribution in [0.3, 0.4) is 0 Å².